The second-order valence-corrected chi connectivity index (χ2v) is 33.1. The van der Waals surface area contributed by atoms with Crippen LogP contribution in [-0.4, -0.2) is 320 Å². The number of thiol groups is 2. The molecule has 0 saturated carbocycles. The Balaban J connectivity index is 3.61. The molecule has 0 radical (unpaired) electrons. The van der Waals surface area contributed by atoms with Crippen molar-refractivity contribution >= 4 is 155 Å². The van der Waals surface area contributed by atoms with Crippen molar-refractivity contribution in [3.8, 4) is 0 Å². The molecule has 0 bridgehead atoms. The fourth-order valence-corrected chi connectivity index (χ4v) is 13.4. The number of hydrogen-bond acceptors (Lipinski definition) is 31. The number of aliphatic hydroxyl groups excluding tert-OH is 3. The van der Waals surface area contributed by atoms with E-state index in [4.69, 9.17) is 34.4 Å². The van der Waals surface area contributed by atoms with E-state index in [1.165, 1.54) is 0 Å². The highest BCUT2D eigenvalue weighted by molar-refractivity contribution is 7.80. The molecule has 19 amide bonds. The van der Waals surface area contributed by atoms with E-state index in [1.807, 2.05) is 5.32 Å². The number of primary amides is 3. The molecule has 53 heteroatoms. The largest absolute Gasteiger partial charge is 0.481 e. The number of rotatable bonds is 67. The maximum Gasteiger partial charge on any atom is 0.328 e. The van der Waals surface area contributed by atoms with Gasteiger partial charge in [-0.2, -0.15) is 25.3 Å². The van der Waals surface area contributed by atoms with Crippen molar-refractivity contribution in [2.24, 2.45) is 52.2 Å². The zero-order chi connectivity index (χ0) is 99.6. The molecule has 1 aliphatic rings. The quantitative estimate of drug-likeness (QED) is 0.0199. The molecule has 1 heterocycles. The second kappa shape index (κ2) is 62.2. The minimum Gasteiger partial charge on any atom is -0.481 e. The molecule has 0 aliphatic carbocycles. The average Bonchev–Trinajstić information content (AvgIpc) is 1.58. The minimum absolute atomic E-state index is 0.0552. The van der Waals surface area contributed by atoms with Gasteiger partial charge in [0.15, 0.2) is 0 Å². The molecule has 0 unspecified atom stereocenters. The summed E-state index contributed by atoms with van der Waals surface area (Å²) in [6.45, 7) is 9.62. The van der Waals surface area contributed by atoms with E-state index >= 15 is 0 Å². The van der Waals surface area contributed by atoms with Crippen molar-refractivity contribution < 1.29 is 136 Å². The maximum atomic E-state index is 14.6. The van der Waals surface area contributed by atoms with Crippen LogP contribution in [-0.2, 0) is 105 Å². The molecule has 0 aromatic carbocycles. The number of nitrogens with one attached hydrogen (secondary N) is 17. The van der Waals surface area contributed by atoms with E-state index in [2.05, 4.69) is 110 Å². The van der Waals surface area contributed by atoms with Gasteiger partial charge in [-0.3, -0.25) is 101 Å². The second-order valence-electron chi connectivity index (χ2n) is 32.3. The van der Waals surface area contributed by atoms with Crippen LogP contribution in [0, 0.1) is 17.8 Å². The zero-order valence-corrected chi connectivity index (χ0v) is 76.2. The van der Waals surface area contributed by atoms with Crippen LogP contribution >= 0.6 is 25.3 Å². The lowest BCUT2D eigenvalue weighted by Crippen LogP contribution is -2.62. The summed E-state index contributed by atoms with van der Waals surface area (Å²) in [4.78, 5) is 297. The lowest BCUT2D eigenvalue weighted by atomic mass is 9.97. The van der Waals surface area contributed by atoms with Gasteiger partial charge < -0.3 is 155 Å². The zero-order valence-electron chi connectivity index (χ0n) is 74.4. The predicted octanol–water partition coefficient (Wildman–Crippen LogP) is -11.7. The molecule has 0 spiro atoms. The fraction of sp³-hybridized carbons (Fsp3) is 0.718. The van der Waals surface area contributed by atoms with Crippen molar-refractivity contribution in [3.63, 3.8) is 0 Å². The number of carbonyl (C=O) groups is 22. The third kappa shape index (κ3) is 45.0. The van der Waals surface area contributed by atoms with Gasteiger partial charge in [-0.05, 0) is 141 Å². The van der Waals surface area contributed by atoms with E-state index in [0.717, 1.165) is 6.92 Å². The molecule has 1 rings (SSSR count). The Morgan fingerprint density at radius 1 is 0.351 bits per heavy atom. The van der Waals surface area contributed by atoms with Gasteiger partial charge in [-0.25, -0.2) is 4.79 Å². The Bertz CT molecular complexity index is 3890. The fourth-order valence-electron chi connectivity index (χ4n) is 12.9. The summed E-state index contributed by atoms with van der Waals surface area (Å²) in [5.41, 5.74) is 33.5. The molecule has 1 fully saturated rings. The van der Waals surface area contributed by atoms with Crippen LogP contribution in [0.25, 0.3) is 0 Å². The van der Waals surface area contributed by atoms with Crippen molar-refractivity contribution in [2.75, 3.05) is 50.9 Å². The summed E-state index contributed by atoms with van der Waals surface area (Å²) in [5, 5.41) is 99.8. The first kappa shape index (κ1) is 118. The molecule has 742 valence electrons. The molecule has 0 aromatic heterocycles. The smallest absolute Gasteiger partial charge is 0.328 e. The topological polar surface area (TPSA) is 858 Å². The minimum atomic E-state index is -2.20. The lowest BCUT2D eigenvalue weighted by molar-refractivity contribution is -0.143. The SMILES string of the molecule is CC[C@H](C)[C@H](NC(=O)[C@@H]1CCCN1)C(=O)N[C@H](C(=O)N[C@@H](CC(N)=O)C(=O)N[C@@H](CC(=O)O)C(=O)N[C@@H](CCC(N)=O)C(=O)N[C@@H](CCCCN)C(=O)N[C@@H](CCCCN)C(=O)N[C@@H](CC(C)C)C(=O)N[C@@H](CS)C(=O)N[C@@H](CO)C(=O)N[C@@H](CC(N)=O)C(=O)N[C@@H](CC(=O)O)C(=O)N[C@@H](CS)C(=O)N[C@@H](CC(C)C)C(=O)N[C@@H](CCCCN)C(=O)N[C@@H](CO)C(=O)O)[C@@H](C)O. The predicted molar refractivity (Wildman–Crippen MR) is 471 cm³/mol. The molecule has 0 aromatic rings. The summed E-state index contributed by atoms with van der Waals surface area (Å²) in [5.74, 6) is -29.7. The standard InChI is InChI=1S/C78H135N23O28S2/c1-8-38(6)60(100-62(112)40-19-15-25-85-40)76(126)101-61(39(7)104)77(127)95-48(29-57(84)107)70(120)93-49(30-58(108)109)71(121)89-44(20-21-55(82)105)66(116)87-41(16-9-12-22-79)63(113)86-42(17-10-13-23-80)64(114)90-46(27-37(4)5)68(118)98-54(35-131)75(125)96-51(32-102)73(123)92-47(28-56(83)106)69(119)94-50(31-59(110)111)72(122)99-53(34-130)74(124)91-45(26-36(2)3)67(117)88-43(18-11-14-24-81)65(115)97-52(33-103)78(128)129/h36-54,60-61,85,102-104,130-131H,8-35,79-81H2,1-7H3,(H2,82,105)(H2,83,106)(H2,84,107)(H,86,113)(H,87,116)(H,88,117)(H,89,121)(H,90,114)(H,91,124)(H,92,123)(H,93,120)(H,94,119)(H,95,127)(H,96,125)(H,97,115)(H,98,118)(H,99,122)(H,100,112)(H,101,126)(H,108,109)(H,110,111)(H,128,129)/t38-,39+,40-,41-,42-,43-,44-,45-,46-,47-,48-,49-,50-,51-,52-,53-,54-,60-,61-/m0/s1. The third-order valence-electron chi connectivity index (χ3n) is 20.3. The number of carboxylic acids is 3. The normalized spacial score (nSPS) is 16.5. The molecule has 19 atom stereocenters. The Morgan fingerprint density at radius 3 is 0.939 bits per heavy atom. The summed E-state index contributed by atoms with van der Waals surface area (Å²) in [6.07, 6.45) is -5.65. The van der Waals surface area contributed by atoms with E-state index in [0.29, 0.717) is 32.2 Å². The Kier molecular flexibility index (Phi) is 55.9. The van der Waals surface area contributed by atoms with Crippen molar-refractivity contribution in [1.29, 1.82) is 0 Å². The molecule has 51 nitrogen and oxygen atoms in total. The maximum absolute atomic E-state index is 14.6. The monoisotopic (exact) mass is 1910 g/mol. The molecule has 1 aliphatic heterocycles. The molecule has 131 heavy (non-hydrogen) atoms. The lowest BCUT2D eigenvalue weighted by Gasteiger charge is -2.29. The highest BCUT2D eigenvalue weighted by atomic mass is 32.1. The van der Waals surface area contributed by atoms with Crippen LogP contribution in [0.1, 0.15) is 177 Å². The summed E-state index contributed by atoms with van der Waals surface area (Å²) >= 11 is 8.31. The number of unbranched alkanes of at least 4 members (excludes halogenated alkanes) is 3. The van der Waals surface area contributed by atoms with E-state index in [-0.39, 0.29) is 89.8 Å². The Morgan fingerprint density at radius 2 is 0.641 bits per heavy atom. The van der Waals surface area contributed by atoms with Gasteiger partial charge >= 0.3 is 17.9 Å². The van der Waals surface area contributed by atoms with Gasteiger partial charge in [0.2, 0.25) is 112 Å². The van der Waals surface area contributed by atoms with Crippen LogP contribution in [0.2, 0.25) is 0 Å². The van der Waals surface area contributed by atoms with Crippen LogP contribution in [0.3, 0.4) is 0 Å². The van der Waals surface area contributed by atoms with Gasteiger partial charge in [-0.15, -0.1) is 0 Å². The van der Waals surface area contributed by atoms with E-state index in [9.17, 15) is 136 Å². The van der Waals surface area contributed by atoms with Gasteiger partial charge in [0.05, 0.1) is 51.0 Å². The number of carbonyl (C=O) groups excluding carboxylic acids is 19. The van der Waals surface area contributed by atoms with Crippen LogP contribution in [0.4, 0.5) is 0 Å². The molecular formula is C78H135N23O28S2. The first-order chi connectivity index (χ1) is 61.6. The number of aliphatic hydroxyl groups is 3. The first-order valence-electron chi connectivity index (χ1n) is 42.9. The summed E-state index contributed by atoms with van der Waals surface area (Å²) in [6, 6.07) is -29.2. The molecule has 1 saturated heterocycles. The van der Waals surface area contributed by atoms with E-state index < -0.39 is 314 Å². The van der Waals surface area contributed by atoms with Crippen LogP contribution < -0.4 is 125 Å². The number of hydrogen-bond donors (Lipinski definition) is 31. The van der Waals surface area contributed by atoms with Gasteiger partial charge in [0, 0.05) is 17.9 Å². The molecular weight excluding hydrogens is 1770 g/mol. The Hall–Kier alpha value is -11.2. The third-order valence-corrected chi connectivity index (χ3v) is 21.0. The number of carboxylic acid groups (broad SMARTS) is 3. The summed E-state index contributed by atoms with van der Waals surface area (Å²) < 4.78 is 0. The first-order valence-corrected chi connectivity index (χ1v) is 44.2. The highest BCUT2D eigenvalue weighted by Gasteiger charge is 2.42. The van der Waals surface area contributed by atoms with Crippen LogP contribution in [0.5, 0.6) is 0 Å². The van der Waals surface area contributed by atoms with Gasteiger partial charge in [-0.1, -0.05) is 48.0 Å². The van der Waals surface area contributed by atoms with Crippen molar-refractivity contribution in [2.45, 2.75) is 286 Å². The van der Waals surface area contributed by atoms with Crippen molar-refractivity contribution in [1.82, 2.24) is 90.4 Å². The van der Waals surface area contributed by atoms with Gasteiger partial charge in [0.25, 0.3) is 0 Å². The highest BCUT2D eigenvalue weighted by Crippen LogP contribution is 2.17. The number of amides is 19. The van der Waals surface area contributed by atoms with Gasteiger partial charge in [0.1, 0.15) is 96.7 Å². The summed E-state index contributed by atoms with van der Waals surface area (Å²) in [7, 11) is 0. The average molecular weight is 1910 g/mol. The molecule has 35 N–H and O–H groups in total. The van der Waals surface area contributed by atoms with Crippen LogP contribution in [0.15, 0.2) is 0 Å². The number of nitrogens with two attached hydrogens (primary N) is 6. The van der Waals surface area contributed by atoms with Crippen molar-refractivity contribution in [3.05, 3.63) is 0 Å². The number of aliphatic carboxylic acids is 3. The Labute approximate surface area is 767 Å². The van der Waals surface area contributed by atoms with E-state index in [1.54, 1.807) is 41.5 Å².